The molecule has 3 aromatic carbocycles. The fraction of sp³-hybridized carbons (Fsp3) is 0.400. The Morgan fingerprint density at radius 1 is 0.921 bits per heavy atom. The van der Waals surface area contributed by atoms with Crippen molar-refractivity contribution in [3.8, 4) is 5.75 Å². The van der Waals surface area contributed by atoms with Crippen LogP contribution in [0.2, 0.25) is 5.02 Å². The highest BCUT2D eigenvalue weighted by Gasteiger charge is 2.44. The van der Waals surface area contributed by atoms with Crippen molar-refractivity contribution in [3.63, 3.8) is 0 Å². The summed E-state index contributed by atoms with van der Waals surface area (Å²) in [5, 5.41) is 41.1. The quantitative estimate of drug-likeness (QED) is 0.379. The van der Waals surface area contributed by atoms with E-state index in [1.54, 1.807) is 12.1 Å². The fourth-order valence-electron chi connectivity index (χ4n) is 5.33. The lowest BCUT2D eigenvalue weighted by molar-refractivity contribution is -0.231. The number of halogens is 1. The summed E-state index contributed by atoms with van der Waals surface area (Å²) in [6, 6.07) is 21.8. The summed E-state index contributed by atoms with van der Waals surface area (Å²) in [6.07, 6.45) is -5.55. The molecule has 2 heterocycles. The highest BCUT2D eigenvalue weighted by Crippen LogP contribution is 2.40. The third-order valence-electron chi connectivity index (χ3n) is 7.22. The van der Waals surface area contributed by atoms with E-state index in [1.165, 1.54) is 5.56 Å². The molecule has 2 aliphatic heterocycles. The molecule has 4 N–H and O–H groups in total. The van der Waals surface area contributed by atoms with Gasteiger partial charge in [-0.15, -0.1) is 0 Å². The molecular formula is C30H34ClNO6. The van der Waals surface area contributed by atoms with Gasteiger partial charge in [-0.1, -0.05) is 60.1 Å². The standard InChI is InChI=1S/C30H34ClNO6/c1-30(2)17-32(15-18-6-4-3-5-7-18)23-13-19(8-11-24(23)38-30)12-21-14-20(9-10-22(21)31)29-28(36)27(35)26(34)25(16-33)37-29/h3-11,13-14,25-29,33-36H,12,15-17H2,1-2H3/t25-,26-,27+,28-,29+/m1/s1. The molecule has 0 radical (unpaired) electrons. The maximum atomic E-state index is 10.6. The Morgan fingerprint density at radius 3 is 2.42 bits per heavy atom. The van der Waals surface area contributed by atoms with Gasteiger partial charge in [0.25, 0.3) is 0 Å². The van der Waals surface area contributed by atoms with Gasteiger partial charge >= 0.3 is 0 Å². The number of aliphatic hydroxyl groups is 4. The van der Waals surface area contributed by atoms with Crippen LogP contribution in [-0.2, 0) is 17.7 Å². The Bertz CT molecular complexity index is 1270. The van der Waals surface area contributed by atoms with Crippen LogP contribution >= 0.6 is 11.6 Å². The number of nitrogens with zero attached hydrogens (tertiary/aromatic N) is 1. The first-order chi connectivity index (χ1) is 18.1. The van der Waals surface area contributed by atoms with Gasteiger partial charge in [0.05, 0.1) is 18.8 Å². The van der Waals surface area contributed by atoms with E-state index in [-0.39, 0.29) is 5.60 Å². The van der Waals surface area contributed by atoms with Gasteiger partial charge in [0.2, 0.25) is 0 Å². The highest BCUT2D eigenvalue weighted by molar-refractivity contribution is 6.31. The lowest BCUT2D eigenvalue weighted by Crippen LogP contribution is -2.55. The summed E-state index contributed by atoms with van der Waals surface area (Å²) in [5.74, 6) is 0.835. The molecule has 0 saturated carbocycles. The van der Waals surface area contributed by atoms with E-state index >= 15 is 0 Å². The van der Waals surface area contributed by atoms with Crippen LogP contribution in [0.3, 0.4) is 0 Å². The second-order valence-electron chi connectivity index (χ2n) is 10.8. The summed E-state index contributed by atoms with van der Waals surface area (Å²) in [4.78, 5) is 2.34. The van der Waals surface area contributed by atoms with Crippen molar-refractivity contribution >= 4 is 17.3 Å². The Balaban J connectivity index is 1.42. The monoisotopic (exact) mass is 539 g/mol. The minimum absolute atomic E-state index is 0.327. The van der Waals surface area contributed by atoms with Crippen LogP contribution in [0.4, 0.5) is 5.69 Å². The normalized spacial score (nSPS) is 26.5. The van der Waals surface area contributed by atoms with Gasteiger partial charge in [-0.25, -0.2) is 0 Å². The SMILES string of the molecule is CC1(C)CN(Cc2ccccc2)c2cc(Cc3cc([C@@H]4O[C@H](CO)[C@@H](O)[C@H](O)[C@H]4O)ccc3Cl)ccc2O1. The number of anilines is 1. The van der Waals surface area contributed by atoms with Gasteiger partial charge < -0.3 is 34.8 Å². The molecule has 3 aromatic rings. The van der Waals surface area contributed by atoms with Crippen LogP contribution < -0.4 is 9.64 Å². The van der Waals surface area contributed by atoms with Crippen molar-refractivity contribution in [2.75, 3.05) is 18.1 Å². The predicted octanol–water partition coefficient (Wildman–Crippen LogP) is 3.62. The van der Waals surface area contributed by atoms with Crippen molar-refractivity contribution in [1.29, 1.82) is 0 Å². The molecule has 5 rings (SSSR count). The Labute approximate surface area is 227 Å². The van der Waals surface area contributed by atoms with Crippen LogP contribution in [0.5, 0.6) is 5.75 Å². The first-order valence-electron chi connectivity index (χ1n) is 12.8. The molecule has 0 bridgehead atoms. The number of benzene rings is 3. The molecule has 2 aliphatic rings. The van der Waals surface area contributed by atoms with Gasteiger partial charge in [0.15, 0.2) is 0 Å². The van der Waals surface area contributed by atoms with Crippen LogP contribution in [0.25, 0.3) is 0 Å². The third-order valence-corrected chi connectivity index (χ3v) is 7.59. The first-order valence-corrected chi connectivity index (χ1v) is 13.2. The molecule has 0 spiro atoms. The zero-order valence-electron chi connectivity index (χ0n) is 21.5. The zero-order valence-corrected chi connectivity index (χ0v) is 22.3. The van der Waals surface area contributed by atoms with Gasteiger partial charge in [-0.2, -0.15) is 0 Å². The lowest BCUT2D eigenvalue weighted by atomic mass is 9.90. The molecule has 1 saturated heterocycles. The summed E-state index contributed by atoms with van der Waals surface area (Å²) in [7, 11) is 0. The third kappa shape index (κ3) is 5.54. The minimum Gasteiger partial charge on any atom is -0.484 e. The molecule has 8 heteroatoms. The van der Waals surface area contributed by atoms with Crippen molar-refractivity contribution in [2.24, 2.45) is 0 Å². The first kappa shape index (κ1) is 26.9. The highest BCUT2D eigenvalue weighted by atomic mass is 35.5. The van der Waals surface area contributed by atoms with Gasteiger partial charge in [-0.05, 0) is 60.7 Å². The van der Waals surface area contributed by atoms with Gasteiger partial charge in [-0.3, -0.25) is 0 Å². The zero-order chi connectivity index (χ0) is 27.0. The van der Waals surface area contributed by atoms with E-state index in [4.69, 9.17) is 21.1 Å². The van der Waals surface area contributed by atoms with E-state index in [0.29, 0.717) is 17.0 Å². The summed E-state index contributed by atoms with van der Waals surface area (Å²) in [5.41, 5.74) is 4.39. The molecule has 202 valence electrons. The second-order valence-corrected chi connectivity index (χ2v) is 11.2. The van der Waals surface area contributed by atoms with E-state index in [9.17, 15) is 20.4 Å². The van der Waals surface area contributed by atoms with Gasteiger partial charge in [0.1, 0.15) is 41.9 Å². The number of rotatable bonds is 6. The Morgan fingerprint density at radius 2 is 1.68 bits per heavy atom. The smallest absolute Gasteiger partial charge is 0.143 e. The molecule has 0 amide bonds. The molecule has 0 aromatic heterocycles. The van der Waals surface area contributed by atoms with Crippen LogP contribution in [0.1, 0.15) is 42.2 Å². The largest absolute Gasteiger partial charge is 0.484 e. The molecule has 0 aliphatic carbocycles. The number of hydrogen-bond acceptors (Lipinski definition) is 7. The Kier molecular flexibility index (Phi) is 7.69. The molecule has 5 atom stereocenters. The van der Waals surface area contributed by atoms with E-state index in [0.717, 1.165) is 35.7 Å². The summed E-state index contributed by atoms with van der Waals surface area (Å²) in [6.45, 7) is 5.21. The van der Waals surface area contributed by atoms with E-state index in [1.807, 2.05) is 36.4 Å². The number of ether oxygens (including phenoxy) is 2. The van der Waals surface area contributed by atoms with Crippen LogP contribution in [-0.4, -0.2) is 63.6 Å². The minimum atomic E-state index is -1.44. The summed E-state index contributed by atoms with van der Waals surface area (Å²) < 4.78 is 12.0. The maximum Gasteiger partial charge on any atom is 0.143 e. The average Bonchev–Trinajstić information content (AvgIpc) is 2.89. The molecule has 1 fully saturated rings. The fourth-order valence-corrected chi connectivity index (χ4v) is 5.51. The van der Waals surface area contributed by atoms with Crippen molar-refractivity contribution in [1.82, 2.24) is 0 Å². The predicted molar refractivity (Wildman–Crippen MR) is 146 cm³/mol. The lowest BCUT2D eigenvalue weighted by Gasteiger charge is -2.41. The number of aliphatic hydroxyl groups excluding tert-OH is 4. The molecular weight excluding hydrogens is 506 g/mol. The molecule has 7 nitrogen and oxygen atoms in total. The topological polar surface area (TPSA) is 103 Å². The Hall–Kier alpha value is -2.65. The van der Waals surface area contributed by atoms with Crippen LogP contribution in [0.15, 0.2) is 66.7 Å². The summed E-state index contributed by atoms with van der Waals surface area (Å²) >= 11 is 6.58. The van der Waals surface area contributed by atoms with E-state index in [2.05, 4.69) is 36.9 Å². The average molecular weight is 540 g/mol. The second kappa shape index (κ2) is 10.8. The van der Waals surface area contributed by atoms with Crippen molar-refractivity contribution in [2.45, 2.75) is 62.9 Å². The van der Waals surface area contributed by atoms with Crippen molar-refractivity contribution in [3.05, 3.63) is 94.0 Å². The van der Waals surface area contributed by atoms with Gasteiger partial charge in [0, 0.05) is 11.6 Å². The van der Waals surface area contributed by atoms with E-state index < -0.39 is 37.1 Å². The van der Waals surface area contributed by atoms with Crippen LogP contribution in [0, 0.1) is 0 Å². The molecule has 38 heavy (non-hydrogen) atoms. The number of hydrogen-bond donors (Lipinski definition) is 4. The number of fused-ring (bicyclic) bond motifs is 1. The van der Waals surface area contributed by atoms with Crippen molar-refractivity contribution < 1.29 is 29.9 Å². The molecule has 0 unspecified atom stereocenters. The maximum absolute atomic E-state index is 10.6.